The largest absolute Gasteiger partial charge is 0.462 e. The van der Waals surface area contributed by atoms with Crippen LogP contribution >= 0.6 is 11.6 Å². The highest BCUT2D eigenvalue weighted by atomic mass is 35.5. The molecule has 3 rings (SSSR count). The lowest BCUT2D eigenvalue weighted by atomic mass is 10.1. The number of halogens is 2. The molecule has 2 aromatic rings. The average Bonchev–Trinajstić information content (AvgIpc) is 2.86. The Morgan fingerprint density at radius 1 is 1.47 bits per heavy atom. The maximum Gasteiger partial charge on any atom is 0.158 e. The van der Waals surface area contributed by atoms with Crippen LogP contribution in [0.5, 0.6) is 0 Å². The molecule has 1 fully saturated rings. The predicted molar refractivity (Wildman–Crippen MR) is 75.5 cm³/mol. The second-order valence-electron chi connectivity index (χ2n) is 5.17. The first-order valence-corrected chi connectivity index (χ1v) is 6.81. The van der Waals surface area contributed by atoms with Crippen molar-refractivity contribution >= 4 is 28.3 Å². The molecule has 1 N–H and O–H groups in total. The number of rotatable bonds is 1. The minimum atomic E-state index is -0.399. The lowest BCUT2D eigenvalue weighted by Crippen LogP contribution is -2.54. The molecular weight excluding hydrogens is 267 g/mol. The van der Waals surface area contributed by atoms with E-state index in [1.165, 1.54) is 6.07 Å². The van der Waals surface area contributed by atoms with Gasteiger partial charge < -0.3 is 14.6 Å². The van der Waals surface area contributed by atoms with Crippen molar-refractivity contribution < 1.29 is 8.81 Å². The SMILES string of the molecule is C[C@@H]1CN[C@@H](C)CN1c1cc(F)c(Cl)c2ccoc12. The summed E-state index contributed by atoms with van der Waals surface area (Å²) >= 11 is 5.98. The van der Waals surface area contributed by atoms with Gasteiger partial charge in [0.15, 0.2) is 5.58 Å². The van der Waals surface area contributed by atoms with Crippen LogP contribution in [0.15, 0.2) is 22.8 Å². The predicted octanol–water partition coefficient (Wildman–Crippen LogP) is 3.41. The number of nitrogens with zero attached hydrogens (tertiary/aromatic N) is 1. The topological polar surface area (TPSA) is 28.4 Å². The highest BCUT2D eigenvalue weighted by molar-refractivity contribution is 6.36. The minimum absolute atomic E-state index is 0.128. The van der Waals surface area contributed by atoms with Crippen molar-refractivity contribution in [2.45, 2.75) is 25.9 Å². The van der Waals surface area contributed by atoms with Crippen LogP contribution in [0.2, 0.25) is 5.02 Å². The monoisotopic (exact) mass is 282 g/mol. The summed E-state index contributed by atoms with van der Waals surface area (Å²) in [5.41, 5.74) is 1.44. The van der Waals surface area contributed by atoms with E-state index >= 15 is 0 Å². The summed E-state index contributed by atoms with van der Waals surface area (Å²) < 4.78 is 19.5. The molecule has 1 saturated heterocycles. The zero-order valence-corrected chi connectivity index (χ0v) is 11.7. The molecule has 1 aromatic carbocycles. The van der Waals surface area contributed by atoms with E-state index in [1.807, 2.05) is 0 Å². The fourth-order valence-electron chi connectivity index (χ4n) is 2.63. The van der Waals surface area contributed by atoms with Crippen LogP contribution in [-0.4, -0.2) is 25.2 Å². The average molecular weight is 283 g/mol. The van der Waals surface area contributed by atoms with Gasteiger partial charge in [0.25, 0.3) is 0 Å². The molecule has 1 aliphatic rings. The van der Waals surface area contributed by atoms with E-state index in [1.54, 1.807) is 12.3 Å². The minimum Gasteiger partial charge on any atom is -0.462 e. The van der Waals surface area contributed by atoms with Gasteiger partial charge in [-0.25, -0.2) is 4.39 Å². The molecule has 0 saturated carbocycles. The molecule has 102 valence electrons. The lowest BCUT2D eigenvalue weighted by Gasteiger charge is -2.39. The highest BCUT2D eigenvalue weighted by Crippen LogP contribution is 2.36. The molecule has 2 heterocycles. The normalized spacial score (nSPS) is 24.1. The summed E-state index contributed by atoms with van der Waals surface area (Å²) in [4.78, 5) is 2.17. The van der Waals surface area contributed by atoms with E-state index < -0.39 is 5.82 Å². The van der Waals surface area contributed by atoms with E-state index in [-0.39, 0.29) is 11.1 Å². The summed E-state index contributed by atoms with van der Waals surface area (Å²) in [5.74, 6) is -0.399. The quantitative estimate of drug-likeness (QED) is 0.869. The number of hydrogen-bond donors (Lipinski definition) is 1. The Labute approximate surface area is 116 Å². The number of nitrogens with one attached hydrogen (secondary N) is 1. The number of anilines is 1. The van der Waals surface area contributed by atoms with Gasteiger partial charge in [-0.3, -0.25) is 0 Å². The summed E-state index contributed by atoms with van der Waals surface area (Å²) in [5, 5.41) is 4.17. The van der Waals surface area contributed by atoms with Crippen molar-refractivity contribution in [1.82, 2.24) is 5.32 Å². The first kappa shape index (κ1) is 12.8. The maximum absolute atomic E-state index is 14.0. The molecule has 0 radical (unpaired) electrons. The fourth-order valence-corrected chi connectivity index (χ4v) is 2.83. The second-order valence-corrected chi connectivity index (χ2v) is 5.54. The molecule has 1 aliphatic heterocycles. The molecule has 5 heteroatoms. The van der Waals surface area contributed by atoms with Crippen molar-refractivity contribution in [2.75, 3.05) is 18.0 Å². The van der Waals surface area contributed by atoms with Gasteiger partial charge in [-0.15, -0.1) is 0 Å². The van der Waals surface area contributed by atoms with Crippen molar-refractivity contribution in [3.8, 4) is 0 Å². The van der Waals surface area contributed by atoms with Crippen molar-refractivity contribution in [1.29, 1.82) is 0 Å². The zero-order chi connectivity index (χ0) is 13.6. The standard InChI is InChI=1S/C14H16ClFN2O/c1-8-7-18(9(2)6-17-8)12-5-11(16)13(15)10-3-4-19-14(10)12/h3-5,8-9,17H,6-7H2,1-2H3/t8-,9+/m0/s1. The molecule has 3 nitrogen and oxygen atoms in total. The van der Waals surface area contributed by atoms with Gasteiger partial charge in [-0.05, 0) is 19.9 Å². The van der Waals surface area contributed by atoms with Crippen LogP contribution in [0.25, 0.3) is 11.0 Å². The zero-order valence-electron chi connectivity index (χ0n) is 10.9. The molecule has 0 aliphatic carbocycles. The van der Waals surface area contributed by atoms with Gasteiger partial charge in [0, 0.05) is 36.6 Å². The summed E-state index contributed by atoms with van der Waals surface area (Å²) in [6.07, 6.45) is 1.55. The van der Waals surface area contributed by atoms with Crippen LogP contribution in [0, 0.1) is 5.82 Å². The van der Waals surface area contributed by atoms with E-state index in [9.17, 15) is 4.39 Å². The lowest BCUT2D eigenvalue weighted by molar-refractivity contribution is 0.424. The highest BCUT2D eigenvalue weighted by Gasteiger charge is 2.26. The van der Waals surface area contributed by atoms with Gasteiger partial charge in [0.2, 0.25) is 0 Å². The molecule has 1 aromatic heterocycles. The second kappa shape index (κ2) is 4.69. The van der Waals surface area contributed by atoms with Gasteiger partial charge in [0.1, 0.15) is 5.82 Å². The molecule has 0 amide bonds. The Kier molecular flexibility index (Phi) is 3.15. The molecule has 2 atom stereocenters. The van der Waals surface area contributed by atoms with Crippen molar-refractivity contribution in [3.05, 3.63) is 29.2 Å². The van der Waals surface area contributed by atoms with Gasteiger partial charge in [-0.2, -0.15) is 0 Å². The number of piperazine rings is 1. The molecule has 0 spiro atoms. The first-order valence-electron chi connectivity index (χ1n) is 6.43. The Morgan fingerprint density at radius 2 is 2.26 bits per heavy atom. The molecule has 0 unspecified atom stereocenters. The Hall–Kier alpha value is -1.26. The Bertz CT molecular complexity index is 613. The fraction of sp³-hybridized carbons (Fsp3) is 0.429. The molecule has 0 bridgehead atoms. The summed E-state index contributed by atoms with van der Waals surface area (Å²) in [6.45, 7) is 5.91. The summed E-state index contributed by atoms with van der Waals surface area (Å²) in [6, 6.07) is 3.83. The van der Waals surface area contributed by atoms with Crippen LogP contribution in [0.4, 0.5) is 10.1 Å². The van der Waals surface area contributed by atoms with E-state index in [0.717, 1.165) is 18.8 Å². The van der Waals surface area contributed by atoms with Crippen LogP contribution in [0.1, 0.15) is 13.8 Å². The molecular formula is C14H16ClFN2O. The third kappa shape index (κ3) is 2.09. The van der Waals surface area contributed by atoms with Crippen LogP contribution in [0.3, 0.4) is 0 Å². The third-order valence-electron chi connectivity index (χ3n) is 3.68. The van der Waals surface area contributed by atoms with E-state index in [4.69, 9.17) is 16.0 Å². The summed E-state index contributed by atoms with van der Waals surface area (Å²) in [7, 11) is 0. The smallest absolute Gasteiger partial charge is 0.158 e. The van der Waals surface area contributed by atoms with Gasteiger partial charge in [0.05, 0.1) is 17.0 Å². The number of fused-ring (bicyclic) bond motifs is 1. The van der Waals surface area contributed by atoms with E-state index in [0.29, 0.717) is 17.0 Å². The van der Waals surface area contributed by atoms with Crippen LogP contribution in [-0.2, 0) is 0 Å². The number of furan rings is 1. The first-order chi connectivity index (χ1) is 9.08. The molecule has 19 heavy (non-hydrogen) atoms. The van der Waals surface area contributed by atoms with Gasteiger partial charge in [-0.1, -0.05) is 11.6 Å². The number of benzene rings is 1. The van der Waals surface area contributed by atoms with Crippen molar-refractivity contribution in [2.24, 2.45) is 0 Å². The van der Waals surface area contributed by atoms with Gasteiger partial charge >= 0.3 is 0 Å². The van der Waals surface area contributed by atoms with Crippen LogP contribution < -0.4 is 10.2 Å². The third-order valence-corrected chi connectivity index (χ3v) is 4.07. The maximum atomic E-state index is 14.0. The Balaban J connectivity index is 2.14. The van der Waals surface area contributed by atoms with E-state index in [2.05, 4.69) is 24.1 Å². The number of hydrogen-bond acceptors (Lipinski definition) is 3. The van der Waals surface area contributed by atoms with Crippen molar-refractivity contribution in [3.63, 3.8) is 0 Å². The Morgan fingerprint density at radius 3 is 3.05 bits per heavy atom.